The van der Waals surface area contributed by atoms with Crippen molar-refractivity contribution in [2.75, 3.05) is 44.4 Å². The third-order valence-corrected chi connectivity index (χ3v) is 6.81. The number of thioether (sulfide) groups is 1. The number of methoxy groups -OCH3 is 1. The molecule has 0 radical (unpaired) electrons. The highest BCUT2D eigenvalue weighted by Gasteiger charge is 2.25. The number of nitro groups is 1. The lowest BCUT2D eigenvalue weighted by Gasteiger charge is -2.27. The Morgan fingerprint density at radius 3 is 2.55 bits per heavy atom. The molecule has 3 rings (SSSR count). The van der Waals surface area contributed by atoms with E-state index in [-0.39, 0.29) is 33.5 Å². The smallest absolute Gasteiger partial charge is 0.271 e. The highest BCUT2D eigenvalue weighted by atomic mass is 32.2. The first-order valence-corrected chi connectivity index (χ1v) is 11.9. The summed E-state index contributed by atoms with van der Waals surface area (Å²) in [5.74, 6) is -0.155. The summed E-state index contributed by atoms with van der Waals surface area (Å²) in [6, 6.07) is 7.86. The highest BCUT2D eigenvalue weighted by molar-refractivity contribution is 7.98. The maximum atomic E-state index is 13.0. The van der Waals surface area contributed by atoms with Crippen LogP contribution in [0.5, 0.6) is 5.75 Å². The number of morpholine rings is 1. The van der Waals surface area contributed by atoms with Gasteiger partial charge in [0.25, 0.3) is 21.6 Å². The van der Waals surface area contributed by atoms with E-state index in [1.807, 2.05) is 0 Å². The summed E-state index contributed by atoms with van der Waals surface area (Å²) in [5.41, 5.74) is -0.102. The van der Waals surface area contributed by atoms with Crippen molar-refractivity contribution in [3.05, 3.63) is 52.1 Å². The molecule has 0 atom stereocenters. The third-order valence-electron chi connectivity index (χ3n) is 4.65. The van der Waals surface area contributed by atoms with Crippen molar-refractivity contribution >= 4 is 39.1 Å². The first-order chi connectivity index (χ1) is 14.8. The molecule has 0 aliphatic carbocycles. The van der Waals surface area contributed by atoms with Crippen molar-refractivity contribution in [1.82, 2.24) is 4.90 Å². The maximum Gasteiger partial charge on any atom is 0.271 e. The average Bonchev–Trinajstić information content (AvgIpc) is 2.78. The summed E-state index contributed by atoms with van der Waals surface area (Å²) in [5, 5.41) is 11.1. The van der Waals surface area contributed by atoms with Gasteiger partial charge in [-0.2, -0.15) is 0 Å². The normalized spacial score (nSPS) is 14.2. The largest absolute Gasteiger partial charge is 0.495 e. The molecule has 31 heavy (non-hydrogen) atoms. The van der Waals surface area contributed by atoms with E-state index in [1.165, 1.54) is 43.1 Å². The van der Waals surface area contributed by atoms with Gasteiger partial charge in [-0.15, -0.1) is 11.8 Å². The predicted octanol–water partition coefficient (Wildman–Crippen LogP) is 2.60. The zero-order valence-electron chi connectivity index (χ0n) is 16.9. The second kappa shape index (κ2) is 9.54. The van der Waals surface area contributed by atoms with E-state index >= 15 is 0 Å². The zero-order valence-corrected chi connectivity index (χ0v) is 18.5. The van der Waals surface area contributed by atoms with Crippen molar-refractivity contribution < 1.29 is 27.6 Å². The van der Waals surface area contributed by atoms with Gasteiger partial charge in [-0.3, -0.25) is 19.6 Å². The second-order valence-electron chi connectivity index (χ2n) is 6.51. The number of carbonyl (C=O) groups is 1. The number of carbonyl (C=O) groups excluding carboxylic acids is 1. The SMILES string of the molecule is COc1ccc([N+](=O)[O-])cc1NS(=O)(=O)c1ccc(SC)c(C(=O)N2CCOCC2)c1. The van der Waals surface area contributed by atoms with E-state index in [1.54, 1.807) is 17.2 Å². The van der Waals surface area contributed by atoms with Gasteiger partial charge in [-0.25, -0.2) is 8.42 Å². The summed E-state index contributed by atoms with van der Waals surface area (Å²) >= 11 is 1.33. The van der Waals surface area contributed by atoms with Crippen molar-refractivity contribution in [1.29, 1.82) is 0 Å². The van der Waals surface area contributed by atoms with Crippen LogP contribution in [-0.2, 0) is 14.8 Å². The molecule has 2 aromatic carbocycles. The van der Waals surface area contributed by atoms with Crippen molar-refractivity contribution in [2.45, 2.75) is 9.79 Å². The molecule has 1 saturated heterocycles. The molecule has 2 aromatic rings. The van der Waals surface area contributed by atoms with Crippen molar-refractivity contribution in [3.8, 4) is 5.75 Å². The monoisotopic (exact) mass is 467 g/mol. The Hall–Kier alpha value is -2.83. The quantitative estimate of drug-likeness (QED) is 0.374. The summed E-state index contributed by atoms with van der Waals surface area (Å²) < 4.78 is 38.7. The Bertz CT molecular complexity index is 1100. The second-order valence-corrected chi connectivity index (χ2v) is 9.04. The summed E-state index contributed by atoms with van der Waals surface area (Å²) in [7, 11) is -2.83. The molecule has 1 aliphatic rings. The van der Waals surface area contributed by atoms with Crippen molar-refractivity contribution in [2.24, 2.45) is 0 Å². The number of nitrogens with one attached hydrogen (secondary N) is 1. The molecule has 12 heteroatoms. The van der Waals surface area contributed by atoms with Crippen LogP contribution in [0.2, 0.25) is 0 Å². The van der Waals surface area contributed by atoms with Crippen LogP contribution in [0.25, 0.3) is 0 Å². The fraction of sp³-hybridized carbons (Fsp3) is 0.316. The molecule has 1 fully saturated rings. The minimum atomic E-state index is -4.16. The molecule has 1 N–H and O–H groups in total. The Morgan fingerprint density at radius 1 is 1.23 bits per heavy atom. The number of anilines is 1. The number of amides is 1. The molecule has 0 unspecified atom stereocenters. The fourth-order valence-corrected chi connectivity index (χ4v) is 4.71. The number of nitrogens with zero attached hydrogens (tertiary/aromatic N) is 2. The number of benzene rings is 2. The first kappa shape index (κ1) is 22.8. The van der Waals surface area contributed by atoms with Crippen LogP contribution in [0.15, 0.2) is 46.2 Å². The van der Waals surface area contributed by atoms with E-state index in [4.69, 9.17) is 9.47 Å². The summed E-state index contributed by atoms with van der Waals surface area (Å²) in [6.45, 7) is 1.69. The number of ether oxygens (including phenoxy) is 2. The lowest BCUT2D eigenvalue weighted by molar-refractivity contribution is -0.384. The van der Waals surface area contributed by atoms with Gasteiger partial charge in [0, 0.05) is 30.1 Å². The van der Waals surface area contributed by atoms with Gasteiger partial charge in [-0.1, -0.05) is 0 Å². The maximum absolute atomic E-state index is 13.0. The molecule has 1 heterocycles. The van der Waals surface area contributed by atoms with Crippen LogP contribution in [0.3, 0.4) is 0 Å². The van der Waals surface area contributed by atoms with E-state index in [9.17, 15) is 23.3 Å². The number of non-ortho nitro benzene ring substituents is 1. The predicted molar refractivity (Wildman–Crippen MR) is 115 cm³/mol. The lowest BCUT2D eigenvalue weighted by Crippen LogP contribution is -2.41. The molecule has 1 amide bonds. The highest BCUT2D eigenvalue weighted by Crippen LogP contribution is 2.32. The number of sulfonamides is 1. The van der Waals surface area contributed by atoms with Gasteiger partial charge >= 0.3 is 0 Å². The standard InChI is InChI=1S/C19H21N3O7S2/c1-28-17-5-3-13(22(24)25)11-16(17)20-31(26,27)14-4-6-18(30-2)15(12-14)19(23)21-7-9-29-10-8-21/h3-6,11-12,20H,7-10H2,1-2H3. The molecule has 0 saturated carbocycles. The van der Waals surface area contributed by atoms with Gasteiger partial charge < -0.3 is 14.4 Å². The average molecular weight is 468 g/mol. The molecular formula is C19H21N3O7S2. The van der Waals surface area contributed by atoms with Gasteiger partial charge in [0.1, 0.15) is 5.75 Å². The Morgan fingerprint density at radius 2 is 1.94 bits per heavy atom. The minimum Gasteiger partial charge on any atom is -0.495 e. The molecule has 0 bridgehead atoms. The van der Waals surface area contributed by atoms with Crippen LogP contribution in [0.4, 0.5) is 11.4 Å². The lowest BCUT2D eigenvalue weighted by atomic mass is 10.2. The van der Waals surface area contributed by atoms with Gasteiger partial charge in [0.05, 0.1) is 41.4 Å². The fourth-order valence-electron chi connectivity index (χ4n) is 3.05. The number of rotatable bonds is 7. The summed E-state index contributed by atoms with van der Waals surface area (Å²) in [6.07, 6.45) is 1.80. The Balaban J connectivity index is 1.97. The summed E-state index contributed by atoms with van der Waals surface area (Å²) in [4.78, 5) is 25.5. The Labute approximate surface area is 183 Å². The Kier molecular flexibility index (Phi) is 7.03. The minimum absolute atomic E-state index is 0.0771. The van der Waals surface area contributed by atoms with Gasteiger partial charge in [0.2, 0.25) is 0 Å². The van der Waals surface area contributed by atoms with Crippen LogP contribution in [0, 0.1) is 10.1 Å². The van der Waals surface area contributed by atoms with Crippen LogP contribution in [0.1, 0.15) is 10.4 Å². The van der Waals surface area contributed by atoms with Crippen LogP contribution < -0.4 is 9.46 Å². The van der Waals surface area contributed by atoms with E-state index in [2.05, 4.69) is 4.72 Å². The number of hydrogen-bond donors (Lipinski definition) is 1. The third kappa shape index (κ3) is 5.09. The van der Waals surface area contributed by atoms with Crippen molar-refractivity contribution in [3.63, 3.8) is 0 Å². The zero-order chi connectivity index (χ0) is 22.6. The van der Waals surface area contributed by atoms with Crippen LogP contribution >= 0.6 is 11.8 Å². The number of hydrogen-bond acceptors (Lipinski definition) is 8. The molecule has 10 nitrogen and oxygen atoms in total. The number of nitro benzene ring substituents is 1. The van der Waals surface area contributed by atoms with Gasteiger partial charge in [0.15, 0.2) is 0 Å². The van der Waals surface area contributed by atoms with Gasteiger partial charge in [-0.05, 0) is 30.5 Å². The molecule has 1 aliphatic heterocycles. The van der Waals surface area contributed by atoms with E-state index in [0.29, 0.717) is 31.2 Å². The molecular weight excluding hydrogens is 446 g/mol. The topological polar surface area (TPSA) is 128 Å². The molecule has 0 spiro atoms. The molecule has 166 valence electrons. The van der Waals surface area contributed by atoms with E-state index < -0.39 is 14.9 Å². The first-order valence-electron chi connectivity index (χ1n) is 9.17. The van der Waals surface area contributed by atoms with E-state index in [0.717, 1.165) is 6.07 Å². The van der Waals surface area contributed by atoms with Crippen LogP contribution in [-0.4, -0.2) is 63.8 Å². The molecule has 0 aromatic heterocycles.